The highest BCUT2D eigenvalue weighted by molar-refractivity contribution is 7.61. The molecule has 0 bridgehead atoms. The minimum Gasteiger partial charge on any atom is -0.462 e. The third kappa shape index (κ3) is 31.0. The molecular formula is C51H89N3O16P2. The van der Waals surface area contributed by atoms with E-state index in [2.05, 4.69) is 23.1 Å². The van der Waals surface area contributed by atoms with Crippen molar-refractivity contribution in [2.45, 2.75) is 224 Å². The highest BCUT2D eigenvalue weighted by atomic mass is 31.3. The van der Waals surface area contributed by atoms with Gasteiger partial charge in [0.25, 0.3) is 0 Å². The van der Waals surface area contributed by atoms with E-state index in [4.69, 9.17) is 29.0 Å². The number of carbonyl (C=O) groups is 2. The number of allylic oxidation sites excluding steroid dienone is 4. The van der Waals surface area contributed by atoms with Gasteiger partial charge in [-0.3, -0.25) is 23.2 Å². The van der Waals surface area contributed by atoms with Gasteiger partial charge in [0.15, 0.2) is 12.3 Å². The molecule has 1 aliphatic heterocycles. The summed E-state index contributed by atoms with van der Waals surface area (Å²) < 4.78 is 56.8. The van der Waals surface area contributed by atoms with Gasteiger partial charge in [-0.05, 0) is 50.5 Å². The van der Waals surface area contributed by atoms with Gasteiger partial charge in [0.1, 0.15) is 30.7 Å². The Balaban J connectivity index is 1.80. The molecule has 9 atom stereocenters. The molecule has 1 saturated heterocycles. The maximum Gasteiger partial charge on any atom is 0.481 e. The first-order chi connectivity index (χ1) is 34.5. The fourth-order valence-corrected chi connectivity index (χ4v) is 9.97. The van der Waals surface area contributed by atoms with E-state index < -0.39 is 89.8 Å². The lowest BCUT2D eigenvalue weighted by Gasteiger charge is -2.21. The van der Waals surface area contributed by atoms with E-state index in [0.29, 0.717) is 19.3 Å². The summed E-state index contributed by atoms with van der Waals surface area (Å²) in [5.74, 6) is -0.508. The van der Waals surface area contributed by atoms with Crippen molar-refractivity contribution < 1.29 is 71.4 Å². The van der Waals surface area contributed by atoms with E-state index in [1.807, 2.05) is 37.3 Å². The maximum absolute atomic E-state index is 12.9. The van der Waals surface area contributed by atoms with Gasteiger partial charge in [-0.1, -0.05) is 173 Å². The zero-order valence-corrected chi connectivity index (χ0v) is 45.0. The number of aliphatic hydroxyl groups is 3. The number of aliphatic hydroxyl groups excluding tert-OH is 3. The van der Waals surface area contributed by atoms with Crippen LogP contribution in [0.2, 0.25) is 0 Å². The molecule has 1 fully saturated rings. The number of esters is 2. The molecule has 1 aromatic heterocycles. The monoisotopic (exact) mass is 1060 g/mol. The predicted octanol–water partition coefficient (Wildman–Crippen LogP) is 10.00. The normalized spacial score (nSPS) is 20.2. The van der Waals surface area contributed by atoms with Gasteiger partial charge in [0, 0.05) is 19.0 Å². The van der Waals surface area contributed by atoms with Gasteiger partial charge in [-0.2, -0.15) is 9.29 Å². The number of unbranched alkanes of at least 4 members (excludes halogenated alkanes) is 18. The van der Waals surface area contributed by atoms with Crippen molar-refractivity contribution in [1.29, 1.82) is 0 Å². The molecule has 4 unspecified atom stereocenters. The summed E-state index contributed by atoms with van der Waals surface area (Å²) in [5, 5.41) is 30.8. The maximum atomic E-state index is 12.9. The van der Waals surface area contributed by atoms with E-state index in [1.54, 1.807) is 6.08 Å². The first kappa shape index (κ1) is 65.1. The van der Waals surface area contributed by atoms with Crippen LogP contribution in [0.25, 0.3) is 0 Å². The Bertz CT molecular complexity index is 1880. The SMILES string of the molecule is CC/C=C/CC(O)/C=C/C=C/CCCCCCCC(=O)OC[C@H](COP(=O)(O)OP(=O)(O)OC[C@H]1O[C@@H](n2ccc(N)nc2=O)[C@H](O)[C@@H]1O)OC(=O)CCCCCCCCCCCCCCCCC(C)CC. The van der Waals surface area contributed by atoms with Crippen LogP contribution in [0.4, 0.5) is 5.82 Å². The van der Waals surface area contributed by atoms with Crippen molar-refractivity contribution in [2.75, 3.05) is 25.6 Å². The van der Waals surface area contributed by atoms with E-state index in [-0.39, 0.29) is 18.7 Å². The van der Waals surface area contributed by atoms with Gasteiger partial charge >= 0.3 is 33.3 Å². The number of ether oxygens (including phenoxy) is 3. The summed E-state index contributed by atoms with van der Waals surface area (Å²) in [4.78, 5) is 62.0. The van der Waals surface area contributed by atoms with E-state index >= 15 is 0 Å². The summed E-state index contributed by atoms with van der Waals surface area (Å²) in [7, 11) is -10.9. The Morgan fingerprint density at radius 3 is 1.94 bits per heavy atom. The fourth-order valence-electron chi connectivity index (χ4n) is 7.86. The van der Waals surface area contributed by atoms with Crippen LogP contribution in [0.15, 0.2) is 53.5 Å². The summed E-state index contributed by atoms with van der Waals surface area (Å²) >= 11 is 0. The van der Waals surface area contributed by atoms with Gasteiger partial charge in [-0.25, -0.2) is 13.9 Å². The molecule has 0 amide bonds. The summed E-state index contributed by atoms with van der Waals surface area (Å²) in [6, 6.07) is 1.24. The second-order valence-electron chi connectivity index (χ2n) is 18.8. The Kier molecular flexibility index (Phi) is 34.8. The minimum atomic E-state index is -5.44. The van der Waals surface area contributed by atoms with Crippen molar-refractivity contribution in [3.05, 3.63) is 59.2 Å². The minimum absolute atomic E-state index is 0.0374. The summed E-state index contributed by atoms with van der Waals surface area (Å²) in [6.45, 7) is 4.29. The smallest absolute Gasteiger partial charge is 0.462 e. The van der Waals surface area contributed by atoms with Gasteiger partial charge in [-0.15, -0.1) is 0 Å². The molecule has 21 heteroatoms. The standard InChI is InChI=1S/C51H89N3O16P2/c1-4-6-26-32-42(55)33-28-23-19-15-13-17-20-24-29-34-46(56)65-38-43(68-47(57)35-30-25-21-16-12-10-8-7-9-11-14-18-22-27-31-41(3)5-2)39-66-71(61,62)70-72(63,64)67-40-44-48(58)49(59)50(69-44)54-37-36-45(52)53-51(54)60/h6,19,23,26,28,33,36-37,41-44,48-50,55,58-59H,4-5,7-18,20-22,24-25,27,29-32,34-35,38-40H2,1-3H3,(H,61,62)(H,63,64)(H2,52,53,60)/b23-19+,26-6+,33-28+/t41?,42?,43-,44-,48-,49-,50-/m1/s1. The van der Waals surface area contributed by atoms with E-state index in [0.717, 1.165) is 80.9 Å². The van der Waals surface area contributed by atoms with Crippen LogP contribution in [-0.4, -0.2) is 96.9 Å². The molecule has 0 radical (unpaired) electrons. The van der Waals surface area contributed by atoms with Crippen LogP contribution < -0.4 is 11.4 Å². The van der Waals surface area contributed by atoms with Crippen molar-refractivity contribution in [2.24, 2.45) is 5.92 Å². The topological polar surface area (TPSA) is 286 Å². The van der Waals surface area contributed by atoms with E-state index in [9.17, 15) is 48.6 Å². The molecule has 1 aromatic rings. The molecule has 0 aromatic carbocycles. The Hall–Kier alpha value is -3.06. The number of rotatable bonds is 43. The Morgan fingerprint density at radius 1 is 0.778 bits per heavy atom. The van der Waals surface area contributed by atoms with Gasteiger partial charge < -0.3 is 45.1 Å². The lowest BCUT2D eigenvalue weighted by molar-refractivity contribution is -0.161. The number of hydrogen-bond donors (Lipinski definition) is 6. The Labute approximate surface area is 428 Å². The van der Waals surface area contributed by atoms with Crippen LogP contribution in [0.1, 0.15) is 194 Å². The predicted molar refractivity (Wildman–Crippen MR) is 276 cm³/mol. The van der Waals surface area contributed by atoms with Crippen molar-refractivity contribution in [1.82, 2.24) is 9.55 Å². The molecular weight excluding hydrogens is 973 g/mol. The fraction of sp³-hybridized carbons (Fsp3) is 0.765. The third-order valence-electron chi connectivity index (χ3n) is 12.4. The number of carbonyl (C=O) groups excluding carboxylic acids is 2. The molecule has 0 spiro atoms. The molecule has 0 saturated carbocycles. The number of aromatic nitrogens is 2. The van der Waals surface area contributed by atoms with Crippen molar-refractivity contribution in [3.63, 3.8) is 0 Å². The number of anilines is 1. The number of nitrogens with two attached hydrogens (primary N) is 1. The zero-order chi connectivity index (χ0) is 53.0. The molecule has 19 nitrogen and oxygen atoms in total. The average Bonchev–Trinajstić information content (AvgIpc) is 3.61. The highest BCUT2D eigenvalue weighted by Gasteiger charge is 2.46. The zero-order valence-electron chi connectivity index (χ0n) is 43.3. The first-order valence-corrected chi connectivity index (χ1v) is 29.5. The van der Waals surface area contributed by atoms with Gasteiger partial charge in [0.05, 0.1) is 19.3 Å². The number of phosphoric acid groups is 2. The second-order valence-corrected chi connectivity index (χ2v) is 21.8. The molecule has 2 rings (SSSR count). The second kappa shape index (κ2) is 38.5. The number of nitrogens with zero attached hydrogens (tertiary/aromatic N) is 2. The van der Waals surface area contributed by atoms with Crippen LogP contribution in [0, 0.1) is 5.92 Å². The molecule has 7 N–H and O–H groups in total. The van der Waals surface area contributed by atoms with Crippen LogP contribution in [-0.2, 0) is 46.3 Å². The molecule has 2 heterocycles. The number of hydrogen-bond acceptors (Lipinski definition) is 16. The average molecular weight is 1060 g/mol. The molecule has 1 aliphatic rings. The van der Waals surface area contributed by atoms with Crippen LogP contribution >= 0.6 is 15.6 Å². The third-order valence-corrected chi connectivity index (χ3v) is 15.0. The summed E-state index contributed by atoms with van der Waals surface area (Å²) in [6.07, 6.45) is 29.7. The van der Waals surface area contributed by atoms with Crippen molar-refractivity contribution in [3.8, 4) is 0 Å². The number of phosphoric ester groups is 2. The van der Waals surface area contributed by atoms with E-state index in [1.165, 1.54) is 76.7 Å². The lowest BCUT2D eigenvalue weighted by Crippen LogP contribution is -2.36. The highest BCUT2D eigenvalue weighted by Crippen LogP contribution is 2.60. The molecule has 72 heavy (non-hydrogen) atoms. The largest absolute Gasteiger partial charge is 0.481 e. The van der Waals surface area contributed by atoms with Crippen LogP contribution in [0.5, 0.6) is 0 Å². The summed E-state index contributed by atoms with van der Waals surface area (Å²) in [5.41, 5.74) is 4.59. The van der Waals surface area contributed by atoms with Crippen LogP contribution in [0.3, 0.4) is 0 Å². The lowest BCUT2D eigenvalue weighted by atomic mass is 9.99. The molecule has 414 valence electrons. The number of nitrogen functional groups attached to an aromatic ring is 1. The Morgan fingerprint density at radius 2 is 1.35 bits per heavy atom. The van der Waals surface area contributed by atoms with Gasteiger partial charge in [0.2, 0.25) is 0 Å². The quantitative estimate of drug-likeness (QED) is 0.0117. The van der Waals surface area contributed by atoms with Crippen molar-refractivity contribution >= 4 is 33.4 Å². The molecule has 0 aliphatic carbocycles. The first-order valence-electron chi connectivity index (χ1n) is 26.5.